The zero-order valence-corrected chi connectivity index (χ0v) is 15.0. The van der Waals surface area contributed by atoms with Crippen LogP contribution in [0.4, 0.5) is 5.69 Å². The maximum Gasteiger partial charge on any atom is 0.270 e. The van der Waals surface area contributed by atoms with Crippen LogP contribution in [0.5, 0.6) is 5.75 Å². The molecule has 1 saturated heterocycles. The van der Waals surface area contributed by atoms with Crippen LogP contribution in [0.2, 0.25) is 0 Å². The highest BCUT2D eigenvalue weighted by Gasteiger charge is 2.40. The third-order valence-corrected chi connectivity index (χ3v) is 4.74. The third kappa shape index (κ3) is 3.02. The fourth-order valence-electron chi connectivity index (χ4n) is 3.43. The van der Waals surface area contributed by atoms with Gasteiger partial charge >= 0.3 is 0 Å². The number of nitrogens with zero attached hydrogens (tertiary/aromatic N) is 3. The van der Waals surface area contributed by atoms with Crippen LogP contribution < -0.4 is 4.74 Å². The number of carbonyl (C=O) groups excluding carboxylic acids is 2. The van der Waals surface area contributed by atoms with Crippen molar-refractivity contribution in [3.05, 3.63) is 39.4 Å². The molecule has 0 atom stereocenters. The Morgan fingerprint density at radius 1 is 1.42 bits per heavy atom. The normalized spacial score (nSPS) is 18.4. The van der Waals surface area contributed by atoms with Crippen molar-refractivity contribution < 1.29 is 19.2 Å². The number of carbonyl (C=O) groups is 2. The van der Waals surface area contributed by atoms with Gasteiger partial charge in [-0.05, 0) is 26.3 Å². The number of ether oxygens (including phenoxy) is 1. The lowest BCUT2D eigenvalue weighted by Gasteiger charge is -2.40. The standard InChI is InChI=1S/C18H21N3O5/c1-18(2)14(10-19(3)11-22)17(20-8-4-5-16(20)23)13-9-12(21(24)25)6-7-15(13)26-18/h6-7,9,11H,4-5,8,10H2,1-3H3. The Balaban J connectivity index is 2.25. The third-order valence-electron chi connectivity index (χ3n) is 4.74. The molecule has 2 aliphatic rings. The molecule has 3 rings (SSSR count). The largest absolute Gasteiger partial charge is 0.483 e. The van der Waals surface area contributed by atoms with Gasteiger partial charge in [0, 0.05) is 49.8 Å². The van der Waals surface area contributed by atoms with E-state index in [-0.39, 0.29) is 18.1 Å². The predicted molar refractivity (Wildman–Crippen MR) is 94.4 cm³/mol. The second kappa shape index (κ2) is 6.44. The predicted octanol–water partition coefficient (Wildman–Crippen LogP) is 2.19. The first-order valence-electron chi connectivity index (χ1n) is 8.42. The molecule has 26 heavy (non-hydrogen) atoms. The number of rotatable bonds is 5. The van der Waals surface area contributed by atoms with E-state index in [4.69, 9.17) is 4.74 Å². The van der Waals surface area contributed by atoms with E-state index in [2.05, 4.69) is 0 Å². The van der Waals surface area contributed by atoms with Gasteiger partial charge < -0.3 is 14.5 Å². The van der Waals surface area contributed by atoms with E-state index in [1.165, 1.54) is 17.0 Å². The lowest BCUT2D eigenvalue weighted by atomic mass is 9.88. The molecule has 0 unspecified atom stereocenters. The van der Waals surface area contributed by atoms with Crippen LogP contribution >= 0.6 is 0 Å². The van der Waals surface area contributed by atoms with Gasteiger partial charge in [-0.1, -0.05) is 0 Å². The van der Waals surface area contributed by atoms with Gasteiger partial charge in [-0.2, -0.15) is 0 Å². The molecule has 2 amide bonds. The van der Waals surface area contributed by atoms with Gasteiger partial charge in [0.2, 0.25) is 12.3 Å². The molecule has 138 valence electrons. The number of hydrogen-bond acceptors (Lipinski definition) is 5. The summed E-state index contributed by atoms with van der Waals surface area (Å²) < 4.78 is 6.08. The quantitative estimate of drug-likeness (QED) is 0.456. The topological polar surface area (TPSA) is 93.0 Å². The number of non-ortho nitro benzene ring substituents is 1. The fraction of sp³-hybridized carbons (Fsp3) is 0.444. The molecule has 2 aliphatic heterocycles. The zero-order valence-electron chi connectivity index (χ0n) is 15.0. The van der Waals surface area contributed by atoms with E-state index in [0.29, 0.717) is 36.4 Å². The van der Waals surface area contributed by atoms with Crippen molar-refractivity contribution in [3.63, 3.8) is 0 Å². The molecule has 0 aliphatic carbocycles. The van der Waals surface area contributed by atoms with E-state index in [1.54, 1.807) is 18.0 Å². The smallest absolute Gasteiger partial charge is 0.270 e. The SMILES string of the molecule is CN(C=O)CC1=C(N2CCCC2=O)c2cc([N+](=O)[O-])ccc2OC1(C)C. The molecule has 2 heterocycles. The second-order valence-corrected chi connectivity index (χ2v) is 7.05. The summed E-state index contributed by atoms with van der Waals surface area (Å²) >= 11 is 0. The Morgan fingerprint density at radius 2 is 2.15 bits per heavy atom. The van der Waals surface area contributed by atoms with Crippen LogP contribution in [-0.2, 0) is 9.59 Å². The number of likely N-dealkylation sites (tertiary alicyclic amines) is 1. The van der Waals surface area contributed by atoms with E-state index < -0.39 is 10.5 Å². The minimum atomic E-state index is -0.765. The lowest BCUT2D eigenvalue weighted by molar-refractivity contribution is -0.384. The van der Waals surface area contributed by atoms with Gasteiger partial charge in [0.05, 0.1) is 10.6 Å². The molecule has 1 aromatic rings. The number of nitro groups is 1. The summed E-state index contributed by atoms with van der Waals surface area (Å²) in [6.07, 6.45) is 1.87. The average Bonchev–Trinajstić information content (AvgIpc) is 3.00. The molecule has 0 saturated carbocycles. The number of nitro benzene ring substituents is 1. The average molecular weight is 359 g/mol. The van der Waals surface area contributed by atoms with E-state index in [0.717, 1.165) is 12.0 Å². The molecule has 0 aromatic heterocycles. The van der Waals surface area contributed by atoms with Crippen LogP contribution in [0.3, 0.4) is 0 Å². The Morgan fingerprint density at radius 3 is 2.73 bits per heavy atom. The number of hydrogen-bond donors (Lipinski definition) is 0. The summed E-state index contributed by atoms with van der Waals surface area (Å²) in [5.41, 5.74) is 1.05. The van der Waals surface area contributed by atoms with Crippen LogP contribution in [0, 0.1) is 10.1 Å². The molecule has 0 spiro atoms. The Labute approximate surface area is 151 Å². The molecular weight excluding hydrogens is 338 g/mol. The number of amides is 2. The molecule has 0 bridgehead atoms. The first-order valence-corrected chi connectivity index (χ1v) is 8.42. The van der Waals surface area contributed by atoms with Gasteiger partial charge in [-0.3, -0.25) is 19.7 Å². The van der Waals surface area contributed by atoms with Crippen molar-refractivity contribution in [1.29, 1.82) is 0 Å². The maximum absolute atomic E-state index is 12.4. The summed E-state index contributed by atoms with van der Waals surface area (Å²) in [6.45, 7) is 4.54. The van der Waals surface area contributed by atoms with Crippen LogP contribution in [0.1, 0.15) is 32.3 Å². The van der Waals surface area contributed by atoms with Gasteiger partial charge in [0.15, 0.2) is 0 Å². The number of benzene rings is 1. The minimum absolute atomic E-state index is 0.0265. The molecule has 1 fully saturated rings. The highest BCUT2D eigenvalue weighted by atomic mass is 16.6. The van der Waals surface area contributed by atoms with E-state index >= 15 is 0 Å². The van der Waals surface area contributed by atoms with Gasteiger partial charge in [0.25, 0.3) is 5.69 Å². The van der Waals surface area contributed by atoms with Crippen molar-refractivity contribution in [2.24, 2.45) is 0 Å². The summed E-state index contributed by atoms with van der Waals surface area (Å²) in [5.74, 6) is 0.467. The van der Waals surface area contributed by atoms with Crippen molar-refractivity contribution in [2.45, 2.75) is 32.3 Å². The Hall–Kier alpha value is -2.90. The highest BCUT2D eigenvalue weighted by Crippen LogP contribution is 2.44. The van der Waals surface area contributed by atoms with Crippen molar-refractivity contribution in [1.82, 2.24) is 9.80 Å². The van der Waals surface area contributed by atoms with Crippen molar-refractivity contribution in [2.75, 3.05) is 20.1 Å². The van der Waals surface area contributed by atoms with E-state index in [1.807, 2.05) is 13.8 Å². The molecule has 1 aromatic carbocycles. The molecule has 0 N–H and O–H groups in total. The number of fused-ring (bicyclic) bond motifs is 1. The molecular formula is C18H21N3O5. The minimum Gasteiger partial charge on any atom is -0.483 e. The van der Waals surface area contributed by atoms with Gasteiger partial charge in [0.1, 0.15) is 11.4 Å². The van der Waals surface area contributed by atoms with Crippen LogP contribution in [0.15, 0.2) is 23.8 Å². The first-order chi connectivity index (χ1) is 12.2. The summed E-state index contributed by atoms with van der Waals surface area (Å²) in [6, 6.07) is 4.39. The lowest BCUT2D eigenvalue weighted by Crippen LogP contribution is -2.42. The highest BCUT2D eigenvalue weighted by molar-refractivity contribution is 5.92. The summed E-state index contributed by atoms with van der Waals surface area (Å²) in [4.78, 5) is 37.5. The van der Waals surface area contributed by atoms with Gasteiger partial charge in [-0.15, -0.1) is 0 Å². The first kappa shape index (κ1) is 17.9. The molecule has 8 nitrogen and oxygen atoms in total. The van der Waals surface area contributed by atoms with Crippen molar-refractivity contribution >= 4 is 23.7 Å². The zero-order chi connectivity index (χ0) is 19.1. The van der Waals surface area contributed by atoms with Gasteiger partial charge in [-0.25, -0.2) is 0 Å². The Kier molecular flexibility index (Phi) is 4.43. The monoisotopic (exact) mass is 359 g/mol. The maximum atomic E-state index is 12.4. The Bertz CT molecular complexity index is 815. The second-order valence-electron chi connectivity index (χ2n) is 7.05. The summed E-state index contributed by atoms with van der Waals surface area (Å²) in [7, 11) is 1.64. The molecule has 0 radical (unpaired) electrons. The number of likely N-dealkylation sites (N-methyl/N-ethyl adjacent to an activating group) is 1. The fourth-order valence-corrected chi connectivity index (χ4v) is 3.43. The van der Waals surface area contributed by atoms with Crippen molar-refractivity contribution in [3.8, 4) is 5.75 Å². The van der Waals surface area contributed by atoms with E-state index in [9.17, 15) is 19.7 Å². The molecule has 8 heteroatoms. The summed E-state index contributed by atoms with van der Waals surface area (Å²) in [5, 5.41) is 11.2. The van der Waals surface area contributed by atoms with Crippen LogP contribution in [0.25, 0.3) is 5.70 Å². The van der Waals surface area contributed by atoms with Crippen LogP contribution in [-0.4, -0.2) is 52.8 Å².